The van der Waals surface area contributed by atoms with Gasteiger partial charge < -0.3 is 10.1 Å². The van der Waals surface area contributed by atoms with Crippen LogP contribution in [0.2, 0.25) is 0 Å². The fourth-order valence-corrected chi connectivity index (χ4v) is 2.77. The van der Waals surface area contributed by atoms with Crippen LogP contribution >= 0.6 is 15.9 Å². The van der Waals surface area contributed by atoms with E-state index in [1.54, 1.807) is 0 Å². The minimum atomic E-state index is 0.499. The number of ether oxygens (including phenoxy) is 1. The summed E-state index contributed by atoms with van der Waals surface area (Å²) < 4.78 is 6.53. The predicted octanol–water partition coefficient (Wildman–Crippen LogP) is 2.40. The average molecular weight is 299 g/mol. The van der Waals surface area contributed by atoms with E-state index in [1.165, 1.54) is 12.0 Å². The lowest BCUT2D eigenvalue weighted by Gasteiger charge is -2.23. The Hall–Kier alpha value is -0.450. The summed E-state index contributed by atoms with van der Waals surface area (Å²) in [6.45, 7) is 4.95. The highest BCUT2D eigenvalue weighted by molar-refractivity contribution is 9.10. The number of hydrogen-bond donors (Lipinski definition) is 1. The molecule has 2 heterocycles. The highest BCUT2D eigenvalue weighted by Gasteiger charge is 2.25. The second-order valence-corrected chi connectivity index (χ2v) is 5.42. The standard InChI is InChI=1S/C13H19BrN2O/c1-2-16-13(11-3-4-17-9-11)6-10-5-12(14)8-15-7-10/h5,7-8,11,13,16H,2-4,6,9H2,1H3. The molecule has 0 radical (unpaired) electrons. The molecule has 0 spiro atoms. The van der Waals surface area contributed by atoms with Gasteiger partial charge in [-0.1, -0.05) is 6.92 Å². The number of aromatic nitrogens is 1. The van der Waals surface area contributed by atoms with Crippen molar-refractivity contribution >= 4 is 15.9 Å². The Morgan fingerprint density at radius 2 is 2.47 bits per heavy atom. The number of hydrogen-bond acceptors (Lipinski definition) is 3. The van der Waals surface area contributed by atoms with E-state index in [9.17, 15) is 0 Å². The fourth-order valence-electron chi connectivity index (χ4n) is 2.36. The molecule has 2 atom stereocenters. The van der Waals surface area contributed by atoms with Crippen LogP contribution in [0.3, 0.4) is 0 Å². The number of nitrogens with one attached hydrogen (secondary N) is 1. The lowest BCUT2D eigenvalue weighted by atomic mass is 9.93. The van der Waals surface area contributed by atoms with Gasteiger partial charge in [-0.2, -0.15) is 0 Å². The van der Waals surface area contributed by atoms with Crippen molar-refractivity contribution < 1.29 is 4.74 Å². The summed E-state index contributed by atoms with van der Waals surface area (Å²) in [6, 6.07) is 2.64. The van der Waals surface area contributed by atoms with E-state index >= 15 is 0 Å². The van der Waals surface area contributed by atoms with Crippen molar-refractivity contribution in [2.24, 2.45) is 5.92 Å². The van der Waals surface area contributed by atoms with E-state index in [0.717, 1.165) is 30.7 Å². The molecule has 1 saturated heterocycles. The molecule has 1 fully saturated rings. The van der Waals surface area contributed by atoms with Gasteiger partial charge in [-0.3, -0.25) is 4.98 Å². The minimum Gasteiger partial charge on any atom is -0.381 e. The van der Waals surface area contributed by atoms with Gasteiger partial charge in [0, 0.05) is 35.4 Å². The van der Waals surface area contributed by atoms with Crippen molar-refractivity contribution in [1.82, 2.24) is 10.3 Å². The monoisotopic (exact) mass is 298 g/mol. The molecule has 1 aliphatic heterocycles. The SMILES string of the molecule is CCNC(Cc1cncc(Br)c1)C1CCOC1. The first-order valence-corrected chi connectivity index (χ1v) is 6.99. The second kappa shape index (κ2) is 6.47. The topological polar surface area (TPSA) is 34.2 Å². The van der Waals surface area contributed by atoms with Crippen LogP contribution in [0.5, 0.6) is 0 Å². The number of nitrogens with zero attached hydrogens (tertiary/aromatic N) is 1. The first kappa shape index (κ1) is 13.0. The van der Waals surface area contributed by atoms with Crippen molar-refractivity contribution in [3.63, 3.8) is 0 Å². The molecule has 1 aromatic heterocycles. The van der Waals surface area contributed by atoms with Crippen molar-refractivity contribution in [3.8, 4) is 0 Å². The maximum atomic E-state index is 5.48. The largest absolute Gasteiger partial charge is 0.381 e. The zero-order valence-corrected chi connectivity index (χ0v) is 11.7. The molecule has 4 heteroatoms. The molecule has 94 valence electrons. The second-order valence-electron chi connectivity index (χ2n) is 4.50. The van der Waals surface area contributed by atoms with Crippen molar-refractivity contribution in [2.45, 2.75) is 25.8 Å². The van der Waals surface area contributed by atoms with Gasteiger partial charge >= 0.3 is 0 Å². The molecule has 0 saturated carbocycles. The third-order valence-electron chi connectivity index (χ3n) is 3.22. The van der Waals surface area contributed by atoms with Gasteiger partial charge in [0.1, 0.15) is 0 Å². The average Bonchev–Trinajstić information content (AvgIpc) is 2.82. The lowest BCUT2D eigenvalue weighted by Crippen LogP contribution is -2.38. The molecule has 3 nitrogen and oxygen atoms in total. The molecule has 1 N–H and O–H groups in total. The lowest BCUT2D eigenvalue weighted by molar-refractivity contribution is 0.176. The molecule has 0 aliphatic carbocycles. The van der Waals surface area contributed by atoms with Crippen molar-refractivity contribution in [2.75, 3.05) is 19.8 Å². The van der Waals surface area contributed by atoms with Gasteiger partial charge in [0.05, 0.1) is 6.61 Å². The van der Waals surface area contributed by atoms with Gasteiger partial charge in [-0.05, 0) is 46.9 Å². The third-order valence-corrected chi connectivity index (χ3v) is 3.65. The molecule has 0 aromatic carbocycles. The maximum Gasteiger partial charge on any atom is 0.0510 e. The summed E-state index contributed by atoms with van der Waals surface area (Å²) in [5.41, 5.74) is 1.28. The Morgan fingerprint density at radius 1 is 1.59 bits per heavy atom. The minimum absolute atomic E-state index is 0.499. The van der Waals surface area contributed by atoms with E-state index in [-0.39, 0.29) is 0 Å². The Labute approximate surface area is 111 Å². The van der Waals surface area contributed by atoms with Crippen LogP contribution in [0.15, 0.2) is 22.9 Å². The number of halogens is 1. The Balaban J connectivity index is 2.01. The summed E-state index contributed by atoms with van der Waals surface area (Å²) >= 11 is 3.47. The van der Waals surface area contributed by atoms with Crippen LogP contribution in [0.1, 0.15) is 18.9 Å². The molecule has 0 bridgehead atoms. The quantitative estimate of drug-likeness (QED) is 0.906. The number of rotatable bonds is 5. The molecular weight excluding hydrogens is 280 g/mol. The maximum absolute atomic E-state index is 5.48. The van der Waals surface area contributed by atoms with Gasteiger partial charge in [-0.25, -0.2) is 0 Å². The summed E-state index contributed by atoms with van der Waals surface area (Å²) in [5, 5.41) is 3.57. The van der Waals surface area contributed by atoms with Gasteiger partial charge in [0.15, 0.2) is 0 Å². The Bertz CT molecular complexity index is 353. The van der Waals surface area contributed by atoms with E-state index < -0.39 is 0 Å². The smallest absolute Gasteiger partial charge is 0.0510 e. The van der Waals surface area contributed by atoms with E-state index in [4.69, 9.17) is 4.74 Å². The summed E-state index contributed by atoms with van der Waals surface area (Å²) in [7, 11) is 0. The zero-order chi connectivity index (χ0) is 12.1. The molecule has 1 aromatic rings. The van der Waals surface area contributed by atoms with Crippen LogP contribution in [0.25, 0.3) is 0 Å². The van der Waals surface area contributed by atoms with Gasteiger partial charge in [0.25, 0.3) is 0 Å². The van der Waals surface area contributed by atoms with Crippen LogP contribution in [-0.2, 0) is 11.2 Å². The Morgan fingerprint density at radius 3 is 3.12 bits per heavy atom. The van der Waals surface area contributed by atoms with Crippen molar-refractivity contribution in [1.29, 1.82) is 0 Å². The molecule has 2 rings (SSSR count). The predicted molar refractivity (Wildman–Crippen MR) is 72.0 cm³/mol. The molecule has 2 unspecified atom stereocenters. The highest BCUT2D eigenvalue weighted by Crippen LogP contribution is 2.20. The fraction of sp³-hybridized carbons (Fsp3) is 0.615. The first-order chi connectivity index (χ1) is 8.29. The van der Waals surface area contributed by atoms with Crippen LogP contribution < -0.4 is 5.32 Å². The summed E-state index contributed by atoms with van der Waals surface area (Å²) in [5.74, 6) is 0.633. The normalized spacial score (nSPS) is 21.6. The number of likely N-dealkylation sites (N-methyl/N-ethyl adjacent to an activating group) is 1. The Kier molecular flexibility index (Phi) is 4.95. The molecular formula is C13H19BrN2O. The van der Waals surface area contributed by atoms with Crippen molar-refractivity contribution in [3.05, 3.63) is 28.5 Å². The highest BCUT2D eigenvalue weighted by atomic mass is 79.9. The van der Waals surface area contributed by atoms with E-state index in [0.29, 0.717) is 12.0 Å². The van der Waals surface area contributed by atoms with Gasteiger partial charge in [0.2, 0.25) is 0 Å². The van der Waals surface area contributed by atoms with Crippen LogP contribution in [0.4, 0.5) is 0 Å². The summed E-state index contributed by atoms with van der Waals surface area (Å²) in [4.78, 5) is 4.22. The molecule has 17 heavy (non-hydrogen) atoms. The molecule has 0 amide bonds. The van der Waals surface area contributed by atoms with Crippen LogP contribution in [-0.4, -0.2) is 30.8 Å². The van der Waals surface area contributed by atoms with Gasteiger partial charge in [-0.15, -0.1) is 0 Å². The number of pyridine rings is 1. The third kappa shape index (κ3) is 3.76. The van der Waals surface area contributed by atoms with Crippen LogP contribution in [0, 0.1) is 5.92 Å². The van der Waals surface area contributed by atoms with E-state index in [2.05, 4.69) is 39.2 Å². The zero-order valence-electron chi connectivity index (χ0n) is 10.2. The van der Waals surface area contributed by atoms with E-state index in [1.807, 2.05) is 12.4 Å². The first-order valence-electron chi connectivity index (χ1n) is 6.20. The molecule has 1 aliphatic rings. The summed E-state index contributed by atoms with van der Waals surface area (Å²) in [6.07, 6.45) is 5.96.